The second-order valence-electron chi connectivity index (χ2n) is 6.99. The zero-order valence-electron chi connectivity index (χ0n) is 13.4. The first kappa shape index (κ1) is 16.3. The average molecular weight is 282 g/mol. The Balaban J connectivity index is 1.99. The molecule has 0 heterocycles. The van der Waals surface area contributed by atoms with E-state index in [0.29, 0.717) is 24.0 Å². The smallest absolute Gasteiger partial charge is 0.0768 e. The largest absolute Gasteiger partial charge is 0.379 e. The summed E-state index contributed by atoms with van der Waals surface area (Å²) in [5, 5.41) is 0. The van der Waals surface area contributed by atoms with E-state index in [1.54, 1.807) is 0 Å². The fraction of sp³-hybridized carbons (Fsp3) is 1.00. The predicted molar refractivity (Wildman–Crippen MR) is 84.2 cm³/mol. The molecule has 0 spiro atoms. The van der Waals surface area contributed by atoms with Gasteiger partial charge in [0.1, 0.15) is 0 Å². The molecule has 2 saturated carbocycles. The van der Waals surface area contributed by atoms with Gasteiger partial charge in [0, 0.05) is 7.11 Å². The number of hydrogen-bond donors (Lipinski definition) is 2. The van der Waals surface area contributed by atoms with Crippen molar-refractivity contribution in [1.82, 2.24) is 5.43 Å². The van der Waals surface area contributed by atoms with Gasteiger partial charge in [0.25, 0.3) is 0 Å². The first-order chi connectivity index (χ1) is 9.80. The predicted octanol–water partition coefficient (Wildman–Crippen LogP) is 3.63. The lowest BCUT2D eigenvalue weighted by atomic mass is 9.72. The molecule has 3 heteroatoms. The van der Waals surface area contributed by atoms with Crippen LogP contribution in [-0.4, -0.2) is 19.3 Å². The van der Waals surface area contributed by atoms with Crippen molar-refractivity contribution >= 4 is 0 Å². The quantitative estimate of drug-likeness (QED) is 0.577. The van der Waals surface area contributed by atoms with Gasteiger partial charge in [-0.05, 0) is 43.4 Å². The number of hydrogen-bond acceptors (Lipinski definition) is 3. The van der Waals surface area contributed by atoms with Crippen molar-refractivity contribution in [3.05, 3.63) is 0 Å². The van der Waals surface area contributed by atoms with Gasteiger partial charge in [-0.1, -0.05) is 45.4 Å². The van der Waals surface area contributed by atoms with Gasteiger partial charge in [0.2, 0.25) is 0 Å². The number of nitrogens with one attached hydrogen (secondary N) is 1. The van der Waals surface area contributed by atoms with Crippen molar-refractivity contribution in [3.63, 3.8) is 0 Å². The lowest BCUT2D eigenvalue weighted by molar-refractivity contribution is -0.0165. The molecule has 20 heavy (non-hydrogen) atoms. The highest BCUT2D eigenvalue weighted by Gasteiger charge is 2.36. The Morgan fingerprint density at radius 1 is 1.05 bits per heavy atom. The van der Waals surface area contributed by atoms with Gasteiger partial charge in [0.15, 0.2) is 0 Å². The summed E-state index contributed by atoms with van der Waals surface area (Å²) < 4.78 is 5.92. The van der Waals surface area contributed by atoms with Gasteiger partial charge in [-0.25, -0.2) is 0 Å². The first-order valence-electron chi connectivity index (χ1n) is 8.79. The van der Waals surface area contributed by atoms with Crippen molar-refractivity contribution in [3.8, 4) is 0 Å². The summed E-state index contributed by atoms with van der Waals surface area (Å²) in [6.45, 7) is 2.33. The summed E-state index contributed by atoms with van der Waals surface area (Å²) >= 11 is 0. The molecular formula is C17H34N2O. The summed E-state index contributed by atoms with van der Waals surface area (Å²) in [4.78, 5) is 0. The van der Waals surface area contributed by atoms with E-state index in [0.717, 1.165) is 5.92 Å². The van der Waals surface area contributed by atoms with Crippen LogP contribution in [0.4, 0.5) is 0 Å². The molecule has 0 aromatic carbocycles. The van der Waals surface area contributed by atoms with Crippen LogP contribution in [0.15, 0.2) is 0 Å². The summed E-state index contributed by atoms with van der Waals surface area (Å²) in [5.74, 6) is 8.25. The maximum Gasteiger partial charge on any atom is 0.0768 e. The molecule has 118 valence electrons. The maximum absolute atomic E-state index is 5.94. The second kappa shape index (κ2) is 8.35. The summed E-state index contributed by atoms with van der Waals surface area (Å²) in [7, 11) is 1.88. The van der Waals surface area contributed by atoms with E-state index in [4.69, 9.17) is 10.6 Å². The molecule has 0 radical (unpaired) electrons. The van der Waals surface area contributed by atoms with Crippen molar-refractivity contribution in [2.45, 2.75) is 83.3 Å². The van der Waals surface area contributed by atoms with Crippen molar-refractivity contribution in [2.75, 3.05) is 7.11 Å². The Kier molecular flexibility index (Phi) is 6.79. The molecule has 3 N–H and O–H groups in total. The van der Waals surface area contributed by atoms with Crippen LogP contribution in [0.25, 0.3) is 0 Å². The third kappa shape index (κ3) is 3.96. The SMILES string of the molecule is CCC1CCCC(C(NN)C(OC)C2CCCCC2)C1. The van der Waals surface area contributed by atoms with Crippen LogP contribution in [0.2, 0.25) is 0 Å². The van der Waals surface area contributed by atoms with E-state index in [1.165, 1.54) is 64.2 Å². The number of methoxy groups -OCH3 is 1. The van der Waals surface area contributed by atoms with Crippen LogP contribution in [0.3, 0.4) is 0 Å². The minimum Gasteiger partial charge on any atom is -0.379 e. The van der Waals surface area contributed by atoms with E-state index in [1.807, 2.05) is 7.11 Å². The second-order valence-corrected chi connectivity index (χ2v) is 6.99. The van der Waals surface area contributed by atoms with Gasteiger partial charge in [-0.2, -0.15) is 0 Å². The van der Waals surface area contributed by atoms with Gasteiger partial charge in [0.05, 0.1) is 12.1 Å². The monoisotopic (exact) mass is 282 g/mol. The highest BCUT2D eigenvalue weighted by atomic mass is 16.5. The summed E-state index contributed by atoms with van der Waals surface area (Å²) in [6, 6.07) is 0.345. The average Bonchev–Trinajstić information content (AvgIpc) is 2.53. The number of nitrogens with two attached hydrogens (primary N) is 1. The molecule has 2 aliphatic carbocycles. The zero-order chi connectivity index (χ0) is 14.4. The molecule has 2 aliphatic rings. The molecule has 0 aliphatic heterocycles. The van der Waals surface area contributed by atoms with Gasteiger partial charge in [-0.15, -0.1) is 0 Å². The standard InChI is InChI=1S/C17H34N2O/c1-3-13-8-7-11-15(12-13)16(19-18)17(20-2)14-9-5-4-6-10-14/h13-17,19H,3-12,18H2,1-2H3. The maximum atomic E-state index is 5.94. The zero-order valence-corrected chi connectivity index (χ0v) is 13.4. The van der Waals surface area contributed by atoms with E-state index >= 15 is 0 Å². The molecule has 0 bridgehead atoms. The molecule has 0 amide bonds. The Bertz CT molecular complexity index is 266. The van der Waals surface area contributed by atoms with Crippen LogP contribution in [0.5, 0.6) is 0 Å². The normalized spacial score (nSPS) is 31.9. The molecule has 4 unspecified atom stereocenters. The molecule has 0 saturated heterocycles. The Hall–Kier alpha value is -0.120. The summed E-state index contributed by atoms with van der Waals surface area (Å²) in [5.41, 5.74) is 3.14. The van der Waals surface area contributed by atoms with Crippen molar-refractivity contribution < 1.29 is 4.74 Å². The minimum absolute atomic E-state index is 0.306. The Labute approximate surface area is 125 Å². The van der Waals surface area contributed by atoms with Crippen LogP contribution in [-0.2, 0) is 4.74 Å². The van der Waals surface area contributed by atoms with Crippen LogP contribution in [0.1, 0.15) is 71.1 Å². The van der Waals surface area contributed by atoms with E-state index in [2.05, 4.69) is 12.3 Å². The fourth-order valence-electron chi connectivity index (χ4n) is 4.62. The Morgan fingerprint density at radius 2 is 1.75 bits per heavy atom. The molecule has 0 aromatic heterocycles. The van der Waals surface area contributed by atoms with Gasteiger partial charge >= 0.3 is 0 Å². The van der Waals surface area contributed by atoms with E-state index in [9.17, 15) is 0 Å². The van der Waals surface area contributed by atoms with Crippen molar-refractivity contribution in [1.29, 1.82) is 0 Å². The van der Waals surface area contributed by atoms with Crippen LogP contribution in [0, 0.1) is 17.8 Å². The van der Waals surface area contributed by atoms with Gasteiger partial charge < -0.3 is 4.74 Å². The minimum atomic E-state index is 0.306. The molecule has 4 atom stereocenters. The fourth-order valence-corrected chi connectivity index (χ4v) is 4.62. The van der Waals surface area contributed by atoms with Crippen molar-refractivity contribution in [2.24, 2.45) is 23.6 Å². The lowest BCUT2D eigenvalue weighted by Gasteiger charge is -2.41. The highest BCUT2D eigenvalue weighted by molar-refractivity contribution is 4.90. The molecule has 3 nitrogen and oxygen atoms in total. The molecule has 2 rings (SSSR count). The lowest BCUT2D eigenvalue weighted by Crippen LogP contribution is -2.53. The number of rotatable bonds is 6. The molecular weight excluding hydrogens is 248 g/mol. The van der Waals surface area contributed by atoms with E-state index < -0.39 is 0 Å². The van der Waals surface area contributed by atoms with E-state index in [-0.39, 0.29) is 0 Å². The first-order valence-corrected chi connectivity index (χ1v) is 8.79. The van der Waals surface area contributed by atoms with Gasteiger partial charge in [-0.3, -0.25) is 11.3 Å². The van der Waals surface area contributed by atoms with Crippen LogP contribution < -0.4 is 11.3 Å². The number of ether oxygens (including phenoxy) is 1. The van der Waals surface area contributed by atoms with Crippen LogP contribution >= 0.6 is 0 Å². The molecule has 2 fully saturated rings. The summed E-state index contributed by atoms with van der Waals surface area (Å²) in [6.07, 6.45) is 13.8. The third-order valence-electron chi connectivity index (χ3n) is 5.84. The topological polar surface area (TPSA) is 47.3 Å². The highest BCUT2D eigenvalue weighted by Crippen LogP contribution is 2.37. The molecule has 0 aromatic rings. The third-order valence-corrected chi connectivity index (χ3v) is 5.84. The number of hydrazine groups is 1. The Morgan fingerprint density at radius 3 is 2.35 bits per heavy atom.